The van der Waals surface area contributed by atoms with Crippen LogP contribution in [-0.4, -0.2) is 24.3 Å². The van der Waals surface area contributed by atoms with Crippen LogP contribution in [0.15, 0.2) is 34.8 Å². The van der Waals surface area contributed by atoms with E-state index >= 15 is 0 Å². The summed E-state index contributed by atoms with van der Waals surface area (Å²) in [5, 5.41) is 1.84. The van der Waals surface area contributed by atoms with Gasteiger partial charge in [-0.05, 0) is 35.6 Å². The highest BCUT2D eigenvalue weighted by Crippen LogP contribution is 2.31. The van der Waals surface area contributed by atoms with Crippen LogP contribution in [0, 0.1) is 6.92 Å². The van der Waals surface area contributed by atoms with Crippen LogP contribution in [0.2, 0.25) is 0 Å². The van der Waals surface area contributed by atoms with Crippen LogP contribution in [-0.2, 0) is 22.4 Å². The van der Waals surface area contributed by atoms with E-state index in [4.69, 9.17) is 11.6 Å². The van der Waals surface area contributed by atoms with Gasteiger partial charge in [-0.1, -0.05) is 6.92 Å². The zero-order chi connectivity index (χ0) is 15.5. The van der Waals surface area contributed by atoms with Gasteiger partial charge in [0.25, 0.3) is 0 Å². The van der Waals surface area contributed by atoms with Crippen molar-refractivity contribution in [1.29, 1.82) is 0 Å². The number of sulfonamides is 1. The molecular weight excluding hydrogens is 328 g/mol. The number of hydrogen-bond donors (Lipinski definition) is 0. The summed E-state index contributed by atoms with van der Waals surface area (Å²) >= 11 is 7.27. The van der Waals surface area contributed by atoms with Gasteiger partial charge in [0.05, 0.1) is 5.88 Å². The smallest absolute Gasteiger partial charge is 0.244 e. The summed E-state index contributed by atoms with van der Waals surface area (Å²) in [5.74, 6) is 0.208. The highest BCUT2D eigenvalue weighted by Gasteiger charge is 2.28. The molecular formula is C14H17ClN2O2S2. The minimum Gasteiger partial charge on any atom is -0.265 e. The molecule has 2 aromatic heterocycles. The molecule has 0 N–H and O–H groups in total. The number of thiophene rings is 1. The Morgan fingerprint density at radius 2 is 2.00 bits per heavy atom. The van der Waals surface area contributed by atoms with E-state index in [0.29, 0.717) is 22.9 Å². The SMILES string of the molecule is CCN(Cc1ccncc1)S(=O)(=O)c1c(C)csc1CCl. The number of alkyl halides is 1. The van der Waals surface area contributed by atoms with Crippen LogP contribution in [0.3, 0.4) is 0 Å². The molecule has 7 heteroatoms. The maximum absolute atomic E-state index is 12.9. The lowest BCUT2D eigenvalue weighted by Gasteiger charge is -2.21. The predicted molar refractivity (Wildman–Crippen MR) is 86.1 cm³/mol. The van der Waals surface area contributed by atoms with Crippen molar-refractivity contribution in [1.82, 2.24) is 9.29 Å². The van der Waals surface area contributed by atoms with E-state index in [1.54, 1.807) is 19.3 Å². The average Bonchev–Trinajstić information content (AvgIpc) is 2.87. The number of aryl methyl sites for hydroxylation is 1. The van der Waals surface area contributed by atoms with Gasteiger partial charge in [-0.15, -0.1) is 22.9 Å². The summed E-state index contributed by atoms with van der Waals surface area (Å²) in [7, 11) is -3.54. The first-order valence-electron chi connectivity index (χ1n) is 6.52. The van der Waals surface area contributed by atoms with Crippen LogP contribution >= 0.6 is 22.9 Å². The third-order valence-corrected chi connectivity index (χ3v) is 6.98. The monoisotopic (exact) mass is 344 g/mol. The molecule has 2 heterocycles. The Kier molecular flexibility index (Phi) is 5.37. The molecule has 21 heavy (non-hydrogen) atoms. The van der Waals surface area contributed by atoms with E-state index in [-0.39, 0.29) is 5.88 Å². The predicted octanol–water partition coefficient (Wildman–Crippen LogP) is 3.40. The lowest BCUT2D eigenvalue weighted by atomic mass is 10.3. The lowest BCUT2D eigenvalue weighted by Crippen LogP contribution is -2.31. The molecule has 0 aliphatic heterocycles. The Hall–Kier alpha value is -0.950. The summed E-state index contributed by atoms with van der Waals surface area (Å²) in [6, 6.07) is 3.64. The van der Waals surface area contributed by atoms with Crippen LogP contribution < -0.4 is 0 Å². The minimum absolute atomic E-state index is 0.208. The van der Waals surface area contributed by atoms with Crippen LogP contribution in [0.4, 0.5) is 0 Å². The summed E-state index contributed by atoms with van der Waals surface area (Å²) in [6.07, 6.45) is 3.33. The normalized spacial score (nSPS) is 12.0. The van der Waals surface area contributed by atoms with Crippen LogP contribution in [0.1, 0.15) is 22.9 Å². The van der Waals surface area contributed by atoms with Crippen molar-refractivity contribution in [2.75, 3.05) is 6.54 Å². The highest BCUT2D eigenvalue weighted by atomic mass is 35.5. The number of nitrogens with zero attached hydrogens (tertiary/aromatic N) is 2. The summed E-state index contributed by atoms with van der Waals surface area (Å²) in [6.45, 7) is 4.38. The molecule has 0 spiro atoms. The molecule has 0 aliphatic rings. The van der Waals surface area contributed by atoms with E-state index in [9.17, 15) is 8.42 Å². The zero-order valence-electron chi connectivity index (χ0n) is 11.9. The van der Waals surface area contributed by atoms with Crippen molar-refractivity contribution in [2.24, 2.45) is 0 Å². The Balaban J connectivity index is 2.38. The van der Waals surface area contributed by atoms with E-state index in [1.165, 1.54) is 15.6 Å². The average molecular weight is 345 g/mol. The van der Waals surface area contributed by atoms with Gasteiger partial charge in [-0.25, -0.2) is 8.42 Å². The number of aromatic nitrogens is 1. The summed E-state index contributed by atoms with van der Waals surface area (Å²) < 4.78 is 27.2. The molecule has 114 valence electrons. The quantitative estimate of drug-likeness (QED) is 0.754. The molecule has 0 atom stereocenters. The first kappa shape index (κ1) is 16.4. The maximum Gasteiger partial charge on any atom is 0.244 e. The standard InChI is InChI=1S/C14H17ClN2O2S2/c1-3-17(9-12-4-6-16-7-5-12)21(18,19)14-11(2)10-20-13(14)8-15/h4-7,10H,3,8-9H2,1-2H3. The Bertz CT molecular complexity index is 699. The van der Waals surface area contributed by atoms with E-state index in [0.717, 1.165) is 11.1 Å². The van der Waals surface area contributed by atoms with Gasteiger partial charge < -0.3 is 0 Å². The first-order chi connectivity index (χ1) is 10.0. The molecule has 0 unspecified atom stereocenters. The van der Waals surface area contributed by atoms with Gasteiger partial charge in [0, 0.05) is 30.4 Å². The van der Waals surface area contributed by atoms with Gasteiger partial charge >= 0.3 is 0 Å². The largest absolute Gasteiger partial charge is 0.265 e. The Morgan fingerprint density at radius 3 is 2.57 bits per heavy atom. The molecule has 2 rings (SSSR count). The number of pyridine rings is 1. The van der Waals surface area contributed by atoms with Gasteiger partial charge in [-0.2, -0.15) is 4.31 Å². The molecule has 0 fully saturated rings. The fraction of sp³-hybridized carbons (Fsp3) is 0.357. The lowest BCUT2D eigenvalue weighted by molar-refractivity contribution is 0.423. The van der Waals surface area contributed by atoms with E-state index in [1.807, 2.05) is 24.4 Å². The third kappa shape index (κ3) is 3.45. The second kappa shape index (κ2) is 6.87. The molecule has 0 radical (unpaired) electrons. The highest BCUT2D eigenvalue weighted by molar-refractivity contribution is 7.89. The first-order valence-corrected chi connectivity index (χ1v) is 9.38. The van der Waals surface area contributed by atoms with Crippen LogP contribution in [0.5, 0.6) is 0 Å². The second-order valence-electron chi connectivity index (χ2n) is 4.59. The molecule has 0 aromatic carbocycles. The van der Waals surface area contributed by atoms with Gasteiger partial charge in [-0.3, -0.25) is 4.98 Å². The number of halogens is 1. The topological polar surface area (TPSA) is 50.3 Å². The van der Waals surface area contributed by atoms with Gasteiger partial charge in [0.1, 0.15) is 4.90 Å². The molecule has 2 aromatic rings. The molecule has 0 amide bonds. The summed E-state index contributed by atoms with van der Waals surface area (Å²) in [5.41, 5.74) is 1.67. The maximum atomic E-state index is 12.9. The Morgan fingerprint density at radius 1 is 1.33 bits per heavy atom. The Labute approximate surface area is 134 Å². The number of rotatable bonds is 6. The fourth-order valence-corrected chi connectivity index (χ4v) is 5.56. The van der Waals surface area contributed by atoms with Crippen molar-refractivity contribution in [3.8, 4) is 0 Å². The molecule has 0 bridgehead atoms. The molecule has 0 saturated heterocycles. The molecule has 4 nitrogen and oxygen atoms in total. The van der Waals surface area contributed by atoms with E-state index < -0.39 is 10.0 Å². The zero-order valence-corrected chi connectivity index (χ0v) is 14.3. The van der Waals surface area contributed by atoms with Crippen LogP contribution in [0.25, 0.3) is 0 Å². The number of hydrogen-bond acceptors (Lipinski definition) is 4. The van der Waals surface area contributed by atoms with Crippen molar-refractivity contribution in [3.63, 3.8) is 0 Å². The van der Waals surface area contributed by atoms with Crippen molar-refractivity contribution in [3.05, 3.63) is 45.9 Å². The van der Waals surface area contributed by atoms with E-state index in [2.05, 4.69) is 4.98 Å². The van der Waals surface area contributed by atoms with Crippen molar-refractivity contribution >= 4 is 33.0 Å². The fourth-order valence-electron chi connectivity index (χ4n) is 2.11. The molecule has 0 saturated carbocycles. The van der Waals surface area contributed by atoms with Gasteiger partial charge in [0.15, 0.2) is 0 Å². The minimum atomic E-state index is -3.54. The summed E-state index contributed by atoms with van der Waals surface area (Å²) in [4.78, 5) is 5.00. The van der Waals surface area contributed by atoms with Crippen molar-refractivity contribution < 1.29 is 8.42 Å². The third-order valence-electron chi connectivity index (χ3n) is 3.17. The second-order valence-corrected chi connectivity index (χ2v) is 7.70. The van der Waals surface area contributed by atoms with Gasteiger partial charge in [0.2, 0.25) is 10.0 Å². The molecule has 0 aliphatic carbocycles. The van der Waals surface area contributed by atoms with Crippen molar-refractivity contribution in [2.45, 2.75) is 31.2 Å².